The minimum absolute atomic E-state index is 0.0416. The molecular formula is C10H14N2O5. The molecule has 0 saturated heterocycles. The van der Waals surface area contributed by atoms with E-state index in [0.717, 1.165) is 0 Å². The van der Waals surface area contributed by atoms with Gasteiger partial charge in [-0.15, -0.1) is 0 Å². The molecule has 2 unspecified atom stereocenters. The predicted molar refractivity (Wildman–Crippen MR) is 56.0 cm³/mol. The summed E-state index contributed by atoms with van der Waals surface area (Å²) in [7, 11) is 1.21. The number of aliphatic hydroxyl groups is 3. The largest absolute Gasteiger partial charge is 0.463 e. The fourth-order valence-corrected chi connectivity index (χ4v) is 1.20. The Bertz CT molecular complexity index is 367. The summed E-state index contributed by atoms with van der Waals surface area (Å²) >= 11 is 0. The molecule has 0 aliphatic heterocycles. The summed E-state index contributed by atoms with van der Waals surface area (Å²) in [4.78, 5) is 18.4. The number of hydrogen-bond acceptors (Lipinski definition) is 7. The number of ether oxygens (including phenoxy) is 1. The van der Waals surface area contributed by atoms with Crippen LogP contribution < -0.4 is 0 Å². The van der Waals surface area contributed by atoms with Crippen LogP contribution in [0.25, 0.3) is 0 Å². The van der Waals surface area contributed by atoms with Crippen LogP contribution in [-0.2, 0) is 4.74 Å². The van der Waals surface area contributed by atoms with E-state index in [2.05, 4.69) is 14.7 Å². The molecular weight excluding hydrogens is 228 g/mol. The van der Waals surface area contributed by atoms with Gasteiger partial charge in [0.1, 0.15) is 6.10 Å². The van der Waals surface area contributed by atoms with Crippen LogP contribution in [0.5, 0.6) is 0 Å². The molecule has 1 aromatic heterocycles. The van der Waals surface area contributed by atoms with Gasteiger partial charge in [0.15, 0.2) is 0 Å². The molecule has 2 atom stereocenters. The van der Waals surface area contributed by atoms with Gasteiger partial charge >= 0.3 is 5.97 Å². The molecule has 0 fully saturated rings. The first-order chi connectivity index (χ1) is 8.10. The maximum Gasteiger partial charge on any atom is 0.376 e. The lowest BCUT2D eigenvalue weighted by Gasteiger charge is -2.16. The number of hydrogen-bond donors (Lipinski definition) is 3. The molecule has 0 aromatic carbocycles. The van der Waals surface area contributed by atoms with E-state index in [9.17, 15) is 15.0 Å². The quantitative estimate of drug-likeness (QED) is 0.570. The van der Waals surface area contributed by atoms with Crippen LogP contribution in [0.4, 0.5) is 0 Å². The number of carbonyl (C=O) groups excluding carboxylic acids is 1. The zero-order valence-electron chi connectivity index (χ0n) is 9.28. The molecule has 0 aliphatic carbocycles. The van der Waals surface area contributed by atoms with E-state index < -0.39 is 18.2 Å². The van der Waals surface area contributed by atoms with Crippen molar-refractivity contribution in [2.24, 2.45) is 0 Å². The Morgan fingerprint density at radius 2 is 2.00 bits per heavy atom. The first-order valence-electron chi connectivity index (χ1n) is 4.97. The number of nitrogens with zero attached hydrogens (tertiary/aromatic N) is 2. The van der Waals surface area contributed by atoms with Crippen LogP contribution in [0.15, 0.2) is 12.4 Å². The van der Waals surface area contributed by atoms with Gasteiger partial charge in [0.05, 0.1) is 13.2 Å². The lowest BCUT2D eigenvalue weighted by molar-refractivity contribution is 0.00380. The smallest absolute Gasteiger partial charge is 0.376 e. The zero-order chi connectivity index (χ0) is 12.8. The SMILES string of the molecule is COC(=O)c1ncc(C(O)C(O)CCO)cn1. The van der Waals surface area contributed by atoms with Crippen molar-refractivity contribution in [3.63, 3.8) is 0 Å². The summed E-state index contributed by atoms with van der Waals surface area (Å²) in [6.45, 7) is -0.237. The molecule has 7 heteroatoms. The summed E-state index contributed by atoms with van der Waals surface area (Å²) in [5, 5.41) is 27.7. The predicted octanol–water partition coefficient (Wildman–Crippen LogP) is -0.960. The molecule has 0 saturated carbocycles. The van der Waals surface area contributed by atoms with E-state index in [0.29, 0.717) is 0 Å². The Morgan fingerprint density at radius 3 is 2.47 bits per heavy atom. The molecule has 7 nitrogen and oxygen atoms in total. The summed E-state index contributed by atoms with van der Waals surface area (Å²) < 4.78 is 4.41. The first kappa shape index (κ1) is 13.5. The summed E-state index contributed by atoms with van der Waals surface area (Å²) in [6, 6.07) is 0. The number of esters is 1. The van der Waals surface area contributed by atoms with E-state index in [-0.39, 0.29) is 24.4 Å². The van der Waals surface area contributed by atoms with Gasteiger partial charge in [0, 0.05) is 24.6 Å². The molecule has 0 radical (unpaired) electrons. The maximum absolute atomic E-state index is 11.0. The van der Waals surface area contributed by atoms with Crippen LogP contribution in [-0.4, -0.2) is 51.1 Å². The highest BCUT2D eigenvalue weighted by molar-refractivity contribution is 5.84. The fourth-order valence-electron chi connectivity index (χ4n) is 1.20. The average Bonchev–Trinajstić information content (AvgIpc) is 2.37. The zero-order valence-corrected chi connectivity index (χ0v) is 9.28. The Labute approximate surface area is 97.7 Å². The number of rotatable bonds is 5. The van der Waals surface area contributed by atoms with Crippen molar-refractivity contribution in [2.75, 3.05) is 13.7 Å². The van der Waals surface area contributed by atoms with Crippen molar-refractivity contribution in [2.45, 2.75) is 18.6 Å². The second kappa shape index (κ2) is 6.24. The van der Waals surface area contributed by atoms with E-state index >= 15 is 0 Å². The molecule has 3 N–H and O–H groups in total. The third-order valence-electron chi connectivity index (χ3n) is 2.17. The number of methoxy groups -OCH3 is 1. The molecule has 94 valence electrons. The standard InChI is InChI=1S/C10H14N2O5/c1-17-10(16)9-11-4-6(5-12-9)8(15)7(14)2-3-13/h4-5,7-8,13-15H,2-3H2,1H3. The van der Waals surface area contributed by atoms with Crippen molar-refractivity contribution < 1.29 is 24.9 Å². The van der Waals surface area contributed by atoms with Gasteiger partial charge in [-0.05, 0) is 6.42 Å². The van der Waals surface area contributed by atoms with Gasteiger partial charge in [0.2, 0.25) is 5.82 Å². The minimum atomic E-state index is -1.20. The highest BCUT2D eigenvalue weighted by atomic mass is 16.5. The highest BCUT2D eigenvalue weighted by Gasteiger charge is 2.19. The van der Waals surface area contributed by atoms with Gasteiger partial charge in [-0.2, -0.15) is 0 Å². The van der Waals surface area contributed by atoms with Crippen LogP contribution in [0.2, 0.25) is 0 Å². The molecule has 1 aromatic rings. The van der Waals surface area contributed by atoms with Crippen LogP contribution in [0, 0.1) is 0 Å². The molecule has 17 heavy (non-hydrogen) atoms. The average molecular weight is 242 g/mol. The van der Waals surface area contributed by atoms with Crippen LogP contribution >= 0.6 is 0 Å². The van der Waals surface area contributed by atoms with Gasteiger partial charge in [-0.1, -0.05) is 0 Å². The summed E-state index contributed by atoms with van der Waals surface area (Å²) in [5.74, 6) is -0.804. The van der Waals surface area contributed by atoms with Crippen molar-refractivity contribution in [3.05, 3.63) is 23.8 Å². The maximum atomic E-state index is 11.0. The lowest BCUT2D eigenvalue weighted by Crippen LogP contribution is -2.20. The first-order valence-corrected chi connectivity index (χ1v) is 4.97. The van der Waals surface area contributed by atoms with Crippen LogP contribution in [0.3, 0.4) is 0 Å². The second-order valence-electron chi connectivity index (χ2n) is 3.36. The van der Waals surface area contributed by atoms with Crippen molar-refractivity contribution in [1.82, 2.24) is 9.97 Å². The van der Waals surface area contributed by atoms with E-state index in [1.54, 1.807) is 0 Å². The lowest BCUT2D eigenvalue weighted by atomic mass is 10.1. The van der Waals surface area contributed by atoms with Gasteiger partial charge in [0.25, 0.3) is 0 Å². The van der Waals surface area contributed by atoms with Crippen LogP contribution in [0.1, 0.15) is 28.7 Å². The number of aromatic nitrogens is 2. The number of aliphatic hydroxyl groups excluding tert-OH is 3. The van der Waals surface area contributed by atoms with Gasteiger partial charge < -0.3 is 20.1 Å². The Hall–Kier alpha value is -1.57. The number of carbonyl (C=O) groups is 1. The van der Waals surface area contributed by atoms with Crippen molar-refractivity contribution in [1.29, 1.82) is 0 Å². The normalized spacial score (nSPS) is 14.1. The van der Waals surface area contributed by atoms with Gasteiger partial charge in [-0.25, -0.2) is 14.8 Å². The molecule has 0 amide bonds. The Kier molecular flexibility index (Phi) is 4.95. The minimum Gasteiger partial charge on any atom is -0.463 e. The van der Waals surface area contributed by atoms with Crippen molar-refractivity contribution in [3.8, 4) is 0 Å². The third kappa shape index (κ3) is 3.45. The molecule has 0 bridgehead atoms. The van der Waals surface area contributed by atoms with Crippen molar-refractivity contribution >= 4 is 5.97 Å². The summed E-state index contributed by atoms with van der Waals surface area (Å²) in [5.41, 5.74) is 0.263. The monoisotopic (exact) mass is 242 g/mol. The second-order valence-corrected chi connectivity index (χ2v) is 3.36. The molecule has 0 aliphatic rings. The van der Waals surface area contributed by atoms with E-state index in [1.807, 2.05) is 0 Å². The van der Waals surface area contributed by atoms with E-state index in [4.69, 9.17) is 5.11 Å². The molecule has 1 rings (SSSR count). The Balaban J connectivity index is 2.76. The van der Waals surface area contributed by atoms with E-state index in [1.165, 1.54) is 19.5 Å². The topological polar surface area (TPSA) is 113 Å². The highest BCUT2D eigenvalue weighted by Crippen LogP contribution is 2.17. The Morgan fingerprint density at radius 1 is 1.41 bits per heavy atom. The molecule has 0 spiro atoms. The van der Waals surface area contributed by atoms with Gasteiger partial charge in [-0.3, -0.25) is 0 Å². The summed E-state index contributed by atoms with van der Waals surface area (Å²) in [6.07, 6.45) is 0.191. The third-order valence-corrected chi connectivity index (χ3v) is 2.17. The molecule has 1 heterocycles. The fraction of sp³-hybridized carbons (Fsp3) is 0.500.